The summed E-state index contributed by atoms with van der Waals surface area (Å²) in [5.41, 5.74) is 11.6. The maximum Gasteiger partial charge on any atom is 0.169 e. The van der Waals surface area contributed by atoms with Crippen molar-refractivity contribution in [3.63, 3.8) is 0 Å². The Balaban J connectivity index is 1.28. The van der Waals surface area contributed by atoms with Crippen LogP contribution in [0.15, 0.2) is 143 Å². The lowest BCUT2D eigenvalue weighted by molar-refractivity contribution is 0.435. The average Bonchev–Trinajstić information content (AvgIpc) is 3.39. The van der Waals surface area contributed by atoms with Crippen molar-refractivity contribution < 1.29 is 4.74 Å². The van der Waals surface area contributed by atoms with Gasteiger partial charge in [0.15, 0.2) is 6.17 Å². The number of nitrogens with zero attached hydrogens (tertiary/aromatic N) is 3. The molecule has 1 spiro atoms. The number of nitrogens with one attached hydrogen (secondary N) is 1. The molecule has 0 bridgehead atoms. The van der Waals surface area contributed by atoms with E-state index in [1.54, 1.807) is 0 Å². The number of hydrogen-bond acceptors (Lipinski definition) is 5. The van der Waals surface area contributed by atoms with E-state index in [9.17, 15) is 0 Å². The van der Waals surface area contributed by atoms with Gasteiger partial charge in [-0.05, 0) is 72.0 Å². The van der Waals surface area contributed by atoms with Crippen LogP contribution in [0.5, 0.6) is 11.5 Å². The van der Waals surface area contributed by atoms with Gasteiger partial charge in [-0.15, -0.1) is 0 Å². The van der Waals surface area contributed by atoms with Crippen molar-refractivity contribution in [3.05, 3.63) is 184 Å². The van der Waals surface area contributed by atoms with Crippen molar-refractivity contribution in [2.75, 3.05) is 0 Å². The number of pyridine rings is 1. The van der Waals surface area contributed by atoms with Gasteiger partial charge in [-0.25, -0.2) is 9.98 Å². The highest BCUT2D eigenvalue weighted by atomic mass is 16.5. The van der Waals surface area contributed by atoms with Crippen LogP contribution >= 0.6 is 0 Å². The SMILES string of the molecule is Cc1ccc(C2=NC(c3ccc4c(c3)C3(c5ccccc5O4)c4ccccc4-c4ccccc43)N=C(c3ccccc3)N2)c(C)n1. The van der Waals surface area contributed by atoms with E-state index < -0.39 is 11.6 Å². The van der Waals surface area contributed by atoms with Crippen molar-refractivity contribution in [1.29, 1.82) is 0 Å². The third-order valence-electron chi connectivity index (χ3n) is 9.44. The molecule has 5 heteroatoms. The summed E-state index contributed by atoms with van der Waals surface area (Å²) in [6.07, 6.45) is -0.474. The molecular weight excluding hydrogens is 564 g/mol. The van der Waals surface area contributed by atoms with Crippen molar-refractivity contribution in [2.45, 2.75) is 25.4 Å². The summed E-state index contributed by atoms with van der Waals surface area (Å²) in [5.74, 6) is 3.26. The Bertz CT molecular complexity index is 2210. The molecule has 1 aliphatic carbocycles. The van der Waals surface area contributed by atoms with Crippen LogP contribution in [-0.2, 0) is 5.41 Å². The molecule has 220 valence electrons. The van der Waals surface area contributed by atoms with Crippen molar-refractivity contribution in [3.8, 4) is 22.6 Å². The quantitative estimate of drug-likeness (QED) is 0.223. The standard InChI is InChI=1S/C41H30N4O/c1-25-20-22-29(26(2)42-25)40-44-38(27-12-4-3-5-13-27)43-39(45-40)28-21-23-37-35(24-28)41(34-18-10-11-19-36(34)46-37)32-16-8-6-14-30(32)31-15-7-9-17-33(31)41/h3-24,39H,1-2H3,(H,43,44,45). The molecule has 0 saturated heterocycles. The van der Waals surface area contributed by atoms with Gasteiger partial charge in [-0.2, -0.15) is 0 Å². The molecule has 2 aliphatic heterocycles. The molecule has 5 nitrogen and oxygen atoms in total. The lowest BCUT2D eigenvalue weighted by atomic mass is 9.66. The number of benzene rings is 5. The number of aryl methyl sites for hydroxylation is 2. The van der Waals surface area contributed by atoms with Crippen LogP contribution in [0, 0.1) is 13.8 Å². The smallest absolute Gasteiger partial charge is 0.169 e. The Morgan fingerprint density at radius 1 is 0.565 bits per heavy atom. The van der Waals surface area contributed by atoms with Gasteiger partial charge in [0, 0.05) is 33.6 Å². The fourth-order valence-corrected chi connectivity index (χ4v) is 7.45. The molecule has 1 atom stereocenters. The van der Waals surface area contributed by atoms with Crippen LogP contribution < -0.4 is 10.1 Å². The summed E-state index contributed by atoms with van der Waals surface area (Å²) >= 11 is 0. The van der Waals surface area contributed by atoms with Crippen LogP contribution in [0.25, 0.3) is 11.1 Å². The Labute approximate surface area is 268 Å². The molecule has 6 aromatic rings. The summed E-state index contributed by atoms with van der Waals surface area (Å²) in [7, 11) is 0. The van der Waals surface area contributed by atoms with E-state index in [1.165, 1.54) is 22.3 Å². The zero-order valence-electron chi connectivity index (χ0n) is 25.5. The first-order valence-corrected chi connectivity index (χ1v) is 15.6. The molecule has 0 saturated carbocycles. The van der Waals surface area contributed by atoms with Gasteiger partial charge in [0.25, 0.3) is 0 Å². The zero-order valence-corrected chi connectivity index (χ0v) is 25.5. The molecular formula is C41H30N4O. The second-order valence-electron chi connectivity index (χ2n) is 12.1. The minimum Gasteiger partial charge on any atom is -0.457 e. The molecule has 1 aromatic heterocycles. The highest BCUT2D eigenvalue weighted by molar-refractivity contribution is 6.16. The molecule has 0 amide bonds. The second-order valence-corrected chi connectivity index (χ2v) is 12.1. The number of fused-ring (bicyclic) bond motifs is 9. The van der Waals surface area contributed by atoms with E-state index in [0.717, 1.165) is 62.4 Å². The first-order valence-electron chi connectivity index (χ1n) is 15.6. The molecule has 1 unspecified atom stereocenters. The van der Waals surface area contributed by atoms with Gasteiger partial charge in [0.1, 0.15) is 23.2 Å². The number of hydrogen-bond donors (Lipinski definition) is 1. The fraction of sp³-hybridized carbons (Fsp3) is 0.0976. The predicted octanol–water partition coefficient (Wildman–Crippen LogP) is 8.66. The normalized spacial score (nSPS) is 16.6. The summed E-state index contributed by atoms with van der Waals surface area (Å²) < 4.78 is 6.65. The Morgan fingerprint density at radius 3 is 1.93 bits per heavy atom. The third-order valence-corrected chi connectivity index (χ3v) is 9.44. The minimum atomic E-state index is -0.545. The van der Waals surface area contributed by atoms with E-state index in [0.29, 0.717) is 0 Å². The lowest BCUT2D eigenvalue weighted by Crippen LogP contribution is -2.36. The van der Waals surface area contributed by atoms with Gasteiger partial charge < -0.3 is 10.1 Å². The number of rotatable bonds is 3. The topological polar surface area (TPSA) is 58.9 Å². The van der Waals surface area contributed by atoms with Gasteiger partial charge >= 0.3 is 0 Å². The van der Waals surface area contributed by atoms with E-state index >= 15 is 0 Å². The Hall–Kier alpha value is -5.81. The summed E-state index contributed by atoms with van der Waals surface area (Å²) in [4.78, 5) is 15.2. The van der Waals surface area contributed by atoms with Gasteiger partial charge in [-0.3, -0.25) is 4.98 Å². The first kappa shape index (κ1) is 26.6. The largest absolute Gasteiger partial charge is 0.457 e. The number of aromatic nitrogens is 1. The Kier molecular flexibility index (Phi) is 5.84. The van der Waals surface area contributed by atoms with Crippen molar-refractivity contribution in [1.82, 2.24) is 10.3 Å². The zero-order chi connectivity index (χ0) is 30.8. The summed E-state index contributed by atoms with van der Waals surface area (Å²) in [6.45, 7) is 4.04. The van der Waals surface area contributed by atoms with Crippen LogP contribution in [0.1, 0.15) is 56.5 Å². The van der Waals surface area contributed by atoms with E-state index in [1.807, 2.05) is 44.2 Å². The highest BCUT2D eigenvalue weighted by Crippen LogP contribution is 2.62. The molecule has 0 fully saturated rings. The number of amidine groups is 2. The number of para-hydroxylation sites is 1. The summed E-state index contributed by atoms with van der Waals surface area (Å²) in [6, 6.07) is 46.8. The average molecular weight is 595 g/mol. The van der Waals surface area contributed by atoms with Crippen LogP contribution in [0.4, 0.5) is 0 Å². The predicted molar refractivity (Wildman–Crippen MR) is 183 cm³/mol. The van der Waals surface area contributed by atoms with E-state index in [-0.39, 0.29) is 0 Å². The molecule has 3 heterocycles. The second kappa shape index (κ2) is 10.1. The third kappa shape index (κ3) is 3.85. The molecule has 0 radical (unpaired) electrons. The molecule has 3 aliphatic rings. The Morgan fingerprint density at radius 2 is 1.20 bits per heavy atom. The molecule has 1 N–H and O–H groups in total. The van der Waals surface area contributed by atoms with E-state index in [4.69, 9.17) is 19.7 Å². The van der Waals surface area contributed by atoms with Gasteiger partial charge in [-0.1, -0.05) is 103 Å². The van der Waals surface area contributed by atoms with Crippen LogP contribution in [-0.4, -0.2) is 16.7 Å². The fourth-order valence-electron chi connectivity index (χ4n) is 7.45. The van der Waals surface area contributed by atoms with Gasteiger partial charge in [0.2, 0.25) is 0 Å². The summed E-state index contributed by atoms with van der Waals surface area (Å²) in [5, 5.41) is 3.53. The molecule has 9 rings (SSSR count). The lowest BCUT2D eigenvalue weighted by Gasteiger charge is -2.39. The highest BCUT2D eigenvalue weighted by Gasteiger charge is 2.51. The van der Waals surface area contributed by atoms with Crippen LogP contribution in [0.3, 0.4) is 0 Å². The van der Waals surface area contributed by atoms with Crippen molar-refractivity contribution >= 4 is 11.7 Å². The maximum atomic E-state index is 6.65. The molecule has 46 heavy (non-hydrogen) atoms. The van der Waals surface area contributed by atoms with Crippen LogP contribution in [0.2, 0.25) is 0 Å². The minimum absolute atomic E-state index is 0.474. The number of ether oxygens (including phenoxy) is 1. The number of aliphatic imine (C=N–C) groups is 2. The maximum absolute atomic E-state index is 6.65. The first-order chi connectivity index (χ1) is 22.6. The van der Waals surface area contributed by atoms with Gasteiger partial charge in [0.05, 0.1) is 5.41 Å². The monoisotopic (exact) mass is 594 g/mol. The molecule has 5 aromatic carbocycles. The van der Waals surface area contributed by atoms with E-state index in [2.05, 4.69) is 108 Å². The van der Waals surface area contributed by atoms with Crippen molar-refractivity contribution in [2.24, 2.45) is 9.98 Å².